The summed E-state index contributed by atoms with van der Waals surface area (Å²) in [6.07, 6.45) is -1.35. The van der Waals surface area contributed by atoms with E-state index in [1.54, 1.807) is 0 Å². The Bertz CT molecular complexity index is 657. The summed E-state index contributed by atoms with van der Waals surface area (Å²) in [6.45, 7) is 0.989. The predicted molar refractivity (Wildman–Crippen MR) is 71.5 cm³/mol. The van der Waals surface area contributed by atoms with E-state index in [4.69, 9.17) is 5.11 Å². The van der Waals surface area contributed by atoms with Crippen LogP contribution in [0.15, 0.2) is 23.1 Å². The van der Waals surface area contributed by atoms with Gasteiger partial charge in [-0.3, -0.25) is 10.1 Å². The molecule has 0 saturated carbocycles. The number of hydrogen-bond donors (Lipinski definition) is 2. The van der Waals surface area contributed by atoms with E-state index in [1.165, 1.54) is 19.1 Å². The number of benzene rings is 1. The Hall–Kier alpha value is -2.04. The second kappa shape index (κ2) is 6.61. The molecule has 1 aromatic rings. The van der Waals surface area contributed by atoms with Crippen LogP contribution in [0.3, 0.4) is 0 Å². The van der Waals surface area contributed by atoms with Gasteiger partial charge in [0.1, 0.15) is 0 Å². The Kier molecular flexibility index (Phi) is 5.35. The molecule has 1 rings (SSSR count). The maximum atomic E-state index is 12.0. The number of aryl methyl sites for hydroxylation is 1. The van der Waals surface area contributed by atoms with Crippen LogP contribution >= 0.6 is 0 Å². The minimum Gasteiger partial charge on any atom is -0.479 e. The third-order valence-electron chi connectivity index (χ3n) is 2.71. The topological polar surface area (TPSA) is 136 Å². The van der Waals surface area contributed by atoms with Gasteiger partial charge in [-0.25, -0.2) is 17.9 Å². The van der Waals surface area contributed by atoms with Crippen molar-refractivity contribution in [2.45, 2.75) is 17.9 Å². The maximum absolute atomic E-state index is 12.0. The summed E-state index contributed by atoms with van der Waals surface area (Å²) in [5.74, 6) is -1.32. The predicted octanol–water partition coefficient (Wildman–Crippen LogP) is 0.281. The van der Waals surface area contributed by atoms with Crippen LogP contribution in [-0.2, 0) is 19.6 Å². The highest BCUT2D eigenvalue weighted by Crippen LogP contribution is 2.21. The second-order valence-electron chi connectivity index (χ2n) is 4.12. The molecule has 1 atom stereocenters. The number of nitro benzene ring substituents is 1. The normalized spacial score (nSPS) is 12.9. The van der Waals surface area contributed by atoms with Gasteiger partial charge in [0.15, 0.2) is 6.10 Å². The zero-order chi connectivity index (χ0) is 16.2. The van der Waals surface area contributed by atoms with E-state index < -0.39 is 33.6 Å². The van der Waals surface area contributed by atoms with Crippen LogP contribution in [-0.4, -0.2) is 44.2 Å². The molecule has 2 N–H and O–H groups in total. The number of nitro groups is 1. The zero-order valence-electron chi connectivity index (χ0n) is 11.3. The first kappa shape index (κ1) is 17.0. The Morgan fingerprint density at radius 1 is 1.52 bits per heavy atom. The highest BCUT2D eigenvalue weighted by Gasteiger charge is 2.23. The zero-order valence-corrected chi connectivity index (χ0v) is 12.1. The average Bonchev–Trinajstić information content (AvgIpc) is 2.38. The van der Waals surface area contributed by atoms with Crippen LogP contribution in [0.5, 0.6) is 0 Å². The molecule has 1 aromatic carbocycles. The molecule has 0 saturated heterocycles. The summed E-state index contributed by atoms with van der Waals surface area (Å²) in [7, 11) is -2.94. The van der Waals surface area contributed by atoms with Gasteiger partial charge in [-0.05, 0) is 13.0 Å². The van der Waals surface area contributed by atoms with Gasteiger partial charge in [0.25, 0.3) is 5.69 Å². The second-order valence-corrected chi connectivity index (χ2v) is 5.89. The lowest BCUT2D eigenvalue weighted by Gasteiger charge is -2.12. The molecule has 9 nitrogen and oxygen atoms in total. The highest BCUT2D eigenvalue weighted by molar-refractivity contribution is 7.89. The Morgan fingerprint density at radius 3 is 2.62 bits per heavy atom. The van der Waals surface area contributed by atoms with Gasteiger partial charge in [0.05, 0.1) is 9.82 Å². The number of hydrogen-bond acceptors (Lipinski definition) is 6. The van der Waals surface area contributed by atoms with Crippen LogP contribution in [0.2, 0.25) is 0 Å². The third kappa shape index (κ3) is 4.21. The number of carbonyl (C=O) groups is 1. The lowest BCUT2D eigenvalue weighted by atomic mass is 10.2. The molecule has 10 heteroatoms. The third-order valence-corrected chi connectivity index (χ3v) is 4.13. The number of sulfonamides is 1. The fourth-order valence-corrected chi connectivity index (χ4v) is 2.54. The molecule has 0 aliphatic rings. The monoisotopic (exact) mass is 318 g/mol. The van der Waals surface area contributed by atoms with E-state index in [1.807, 2.05) is 4.72 Å². The quantitative estimate of drug-likeness (QED) is 0.544. The van der Waals surface area contributed by atoms with E-state index in [9.17, 15) is 23.3 Å². The standard InChI is InChI=1S/C11H14N2O7S/c1-7-3-4-8(5-9(7)13(16)17)21(18,19)12-6-10(20-2)11(14)15/h3-5,10,12H,6H2,1-2H3,(H,14,15). The molecule has 1 unspecified atom stereocenters. The van der Waals surface area contributed by atoms with Gasteiger partial charge in [-0.1, -0.05) is 6.07 Å². The van der Waals surface area contributed by atoms with Crippen molar-refractivity contribution in [3.8, 4) is 0 Å². The van der Waals surface area contributed by atoms with Crippen LogP contribution in [0.1, 0.15) is 5.56 Å². The van der Waals surface area contributed by atoms with E-state index in [0.717, 1.165) is 13.2 Å². The fraction of sp³-hybridized carbons (Fsp3) is 0.364. The molecule has 0 aromatic heterocycles. The first-order chi connectivity index (χ1) is 9.69. The Balaban J connectivity index is 3.01. The van der Waals surface area contributed by atoms with Crippen molar-refractivity contribution in [3.63, 3.8) is 0 Å². The van der Waals surface area contributed by atoms with E-state index in [-0.39, 0.29) is 10.6 Å². The molecule has 0 radical (unpaired) electrons. The van der Waals surface area contributed by atoms with Crippen molar-refractivity contribution in [1.29, 1.82) is 0 Å². The van der Waals surface area contributed by atoms with Crippen molar-refractivity contribution in [1.82, 2.24) is 4.72 Å². The Morgan fingerprint density at radius 2 is 2.14 bits per heavy atom. The molecule has 0 aliphatic heterocycles. The number of aliphatic carboxylic acids is 1. The van der Waals surface area contributed by atoms with Crippen molar-refractivity contribution in [2.24, 2.45) is 0 Å². The van der Waals surface area contributed by atoms with Crippen molar-refractivity contribution in [2.75, 3.05) is 13.7 Å². The smallest absolute Gasteiger partial charge is 0.334 e. The first-order valence-corrected chi connectivity index (χ1v) is 7.17. The van der Waals surface area contributed by atoms with Crippen molar-refractivity contribution >= 4 is 21.7 Å². The molecular weight excluding hydrogens is 304 g/mol. The van der Waals surface area contributed by atoms with Crippen LogP contribution in [0.4, 0.5) is 5.69 Å². The maximum Gasteiger partial charge on any atom is 0.334 e. The van der Waals surface area contributed by atoms with Crippen molar-refractivity contribution < 1.29 is 28.0 Å². The minimum atomic E-state index is -4.07. The van der Waals surface area contributed by atoms with E-state index in [0.29, 0.717) is 5.56 Å². The number of ether oxygens (including phenoxy) is 1. The highest BCUT2D eigenvalue weighted by atomic mass is 32.2. The summed E-state index contributed by atoms with van der Waals surface area (Å²) in [6, 6.07) is 3.42. The summed E-state index contributed by atoms with van der Waals surface area (Å²) in [5.41, 5.74) is -0.0151. The number of methoxy groups -OCH3 is 1. The van der Waals surface area contributed by atoms with Crippen LogP contribution in [0.25, 0.3) is 0 Å². The molecule has 21 heavy (non-hydrogen) atoms. The summed E-state index contributed by atoms with van der Waals surface area (Å²) >= 11 is 0. The molecule has 116 valence electrons. The van der Waals surface area contributed by atoms with Crippen molar-refractivity contribution in [3.05, 3.63) is 33.9 Å². The minimum absolute atomic E-state index is 0.319. The van der Waals surface area contributed by atoms with E-state index >= 15 is 0 Å². The van der Waals surface area contributed by atoms with E-state index in [2.05, 4.69) is 4.74 Å². The summed E-state index contributed by atoms with van der Waals surface area (Å²) in [4.78, 5) is 20.5. The fourth-order valence-electron chi connectivity index (χ4n) is 1.49. The number of carboxylic acids is 1. The molecule has 0 amide bonds. The lowest BCUT2D eigenvalue weighted by Crippen LogP contribution is -2.37. The molecule has 0 bridgehead atoms. The van der Waals surface area contributed by atoms with Crippen LogP contribution < -0.4 is 4.72 Å². The number of nitrogens with one attached hydrogen (secondary N) is 1. The summed E-state index contributed by atoms with van der Waals surface area (Å²) < 4.78 is 30.6. The molecular formula is C11H14N2O7S. The first-order valence-electron chi connectivity index (χ1n) is 5.69. The van der Waals surface area contributed by atoms with Gasteiger partial charge in [0.2, 0.25) is 10.0 Å². The van der Waals surface area contributed by atoms with Gasteiger partial charge in [0, 0.05) is 25.3 Å². The Labute approximate surface area is 120 Å². The number of nitrogens with zero attached hydrogens (tertiary/aromatic N) is 1. The van der Waals surface area contributed by atoms with Crippen LogP contribution in [0, 0.1) is 17.0 Å². The van der Waals surface area contributed by atoms with Gasteiger partial charge in [-0.15, -0.1) is 0 Å². The molecule has 0 aliphatic carbocycles. The summed E-state index contributed by atoms with van der Waals surface area (Å²) in [5, 5.41) is 19.5. The number of carboxylic acid groups (broad SMARTS) is 1. The van der Waals surface area contributed by atoms with Gasteiger partial charge >= 0.3 is 5.97 Å². The molecule has 0 heterocycles. The largest absolute Gasteiger partial charge is 0.479 e. The lowest BCUT2D eigenvalue weighted by molar-refractivity contribution is -0.385. The molecule has 0 spiro atoms. The number of rotatable bonds is 7. The van der Waals surface area contributed by atoms with Gasteiger partial charge < -0.3 is 9.84 Å². The molecule has 0 fully saturated rings. The SMILES string of the molecule is COC(CNS(=O)(=O)c1ccc(C)c([N+](=O)[O-])c1)C(=O)O. The average molecular weight is 318 g/mol. The van der Waals surface area contributed by atoms with Gasteiger partial charge in [-0.2, -0.15) is 0 Å².